The Morgan fingerprint density at radius 2 is 1.62 bits per heavy atom. The molecule has 0 spiro atoms. The average Bonchev–Trinajstić information content (AvgIpc) is 2.62. The van der Waals surface area contributed by atoms with Crippen LogP contribution in [0.2, 0.25) is 0 Å². The van der Waals surface area contributed by atoms with Crippen LogP contribution in [0.5, 0.6) is 0 Å². The molecule has 0 heterocycles. The Hall–Kier alpha value is -2.83. The van der Waals surface area contributed by atoms with E-state index < -0.39 is 11.7 Å². The normalized spacial score (nSPS) is 14.0. The van der Waals surface area contributed by atoms with E-state index in [4.69, 9.17) is 4.74 Å². The molecule has 3 amide bonds. The third-order valence-corrected chi connectivity index (χ3v) is 4.31. The number of alkyl carbamates (subject to hydrolysis) is 1. The molecule has 0 aromatic heterocycles. The predicted molar refractivity (Wildman–Crippen MR) is 114 cm³/mol. The van der Waals surface area contributed by atoms with Gasteiger partial charge < -0.3 is 20.7 Å². The minimum Gasteiger partial charge on any atom is -0.444 e. The summed E-state index contributed by atoms with van der Waals surface area (Å²) in [6.07, 6.45) is 6.61. The number of rotatable bonds is 6. The van der Waals surface area contributed by atoms with E-state index in [-0.39, 0.29) is 24.8 Å². The summed E-state index contributed by atoms with van der Waals surface area (Å²) in [5.41, 5.74) is 1.64. The Morgan fingerprint density at radius 1 is 1.00 bits per heavy atom. The molecule has 0 unspecified atom stereocenters. The lowest BCUT2D eigenvalue weighted by atomic mass is 9.94. The first-order chi connectivity index (χ1) is 13.7. The van der Waals surface area contributed by atoms with Gasteiger partial charge in [0.25, 0.3) is 0 Å². The van der Waals surface area contributed by atoms with Crippen LogP contribution in [-0.2, 0) is 14.3 Å². The van der Waals surface area contributed by atoms with E-state index in [0.29, 0.717) is 11.4 Å². The van der Waals surface area contributed by atoms with Gasteiger partial charge in [-0.1, -0.05) is 24.1 Å². The van der Waals surface area contributed by atoms with E-state index in [9.17, 15) is 14.4 Å². The molecule has 158 valence electrons. The highest BCUT2D eigenvalue weighted by Crippen LogP contribution is 2.24. The summed E-state index contributed by atoms with van der Waals surface area (Å²) in [7, 11) is 0. The van der Waals surface area contributed by atoms with Gasteiger partial charge >= 0.3 is 6.09 Å². The Kier molecular flexibility index (Phi) is 8.24. The monoisotopic (exact) mass is 401 g/mol. The third-order valence-electron chi connectivity index (χ3n) is 4.31. The van der Waals surface area contributed by atoms with Gasteiger partial charge in [-0.3, -0.25) is 9.59 Å². The van der Waals surface area contributed by atoms with Gasteiger partial charge in [0.2, 0.25) is 11.8 Å². The summed E-state index contributed by atoms with van der Waals surface area (Å²) in [4.78, 5) is 36.1. The van der Waals surface area contributed by atoms with Gasteiger partial charge in [0.05, 0.1) is 11.4 Å². The topological polar surface area (TPSA) is 96.5 Å². The summed E-state index contributed by atoms with van der Waals surface area (Å²) in [5.74, 6) is -0.455. The van der Waals surface area contributed by atoms with Gasteiger partial charge in [-0.2, -0.15) is 0 Å². The van der Waals surface area contributed by atoms with Crippen molar-refractivity contribution in [3.63, 3.8) is 0 Å². The Balaban J connectivity index is 1.85. The molecule has 3 N–H and O–H groups in total. The highest BCUT2D eigenvalue weighted by atomic mass is 16.6. The van der Waals surface area contributed by atoms with Crippen LogP contribution in [0.25, 0.3) is 0 Å². The summed E-state index contributed by atoms with van der Waals surface area (Å²) in [6.45, 7) is 5.47. The van der Waals surface area contributed by atoms with Crippen LogP contribution in [0, 0.1) is 0 Å². The molecule has 7 heteroatoms. The van der Waals surface area contributed by atoms with Crippen LogP contribution < -0.4 is 16.0 Å². The van der Waals surface area contributed by atoms with Crippen LogP contribution in [-0.4, -0.2) is 30.1 Å². The summed E-state index contributed by atoms with van der Waals surface area (Å²) < 4.78 is 5.13. The van der Waals surface area contributed by atoms with Gasteiger partial charge in [-0.25, -0.2) is 4.79 Å². The second-order valence-corrected chi connectivity index (χ2v) is 8.12. The third kappa shape index (κ3) is 8.81. The second-order valence-electron chi connectivity index (χ2n) is 8.12. The minimum atomic E-state index is -0.587. The maximum absolute atomic E-state index is 12.3. The molecule has 0 saturated heterocycles. The molecule has 1 aliphatic carbocycles. The number of nitrogens with one attached hydrogen (secondary N) is 3. The number of carbonyl (C=O) groups is 3. The van der Waals surface area contributed by atoms with Gasteiger partial charge in [0.15, 0.2) is 0 Å². The van der Waals surface area contributed by atoms with Crippen molar-refractivity contribution in [3.8, 4) is 0 Å². The van der Waals surface area contributed by atoms with Crippen molar-refractivity contribution in [1.29, 1.82) is 0 Å². The number of para-hydroxylation sites is 2. The summed E-state index contributed by atoms with van der Waals surface area (Å²) >= 11 is 0. The lowest BCUT2D eigenvalue weighted by Gasteiger charge is -2.19. The van der Waals surface area contributed by atoms with Crippen LogP contribution in [0.15, 0.2) is 35.9 Å². The van der Waals surface area contributed by atoms with Crippen molar-refractivity contribution in [1.82, 2.24) is 5.32 Å². The zero-order chi connectivity index (χ0) is 21.3. The number of ether oxygens (including phenoxy) is 1. The van der Waals surface area contributed by atoms with E-state index in [1.165, 1.54) is 12.0 Å². The Labute approximate surface area is 172 Å². The number of hydrogen-bond donors (Lipinski definition) is 3. The quantitative estimate of drug-likeness (QED) is 0.617. The molecule has 1 aromatic rings. The number of benzene rings is 1. The van der Waals surface area contributed by atoms with Crippen LogP contribution >= 0.6 is 0 Å². The van der Waals surface area contributed by atoms with Crippen molar-refractivity contribution in [3.05, 3.63) is 35.9 Å². The molecule has 0 aliphatic heterocycles. The SMILES string of the molecule is CC(C)(C)OC(=O)NCCC(=O)Nc1ccccc1NC(=O)C=C1CCCCC1. The Morgan fingerprint density at radius 3 is 2.24 bits per heavy atom. The minimum absolute atomic E-state index is 0.0889. The largest absolute Gasteiger partial charge is 0.444 e. The van der Waals surface area contributed by atoms with Gasteiger partial charge in [-0.15, -0.1) is 0 Å². The summed E-state index contributed by atoms with van der Waals surface area (Å²) in [6, 6.07) is 7.04. The van der Waals surface area contributed by atoms with Gasteiger partial charge in [-0.05, 0) is 58.6 Å². The molecule has 2 rings (SSSR count). The zero-order valence-corrected chi connectivity index (χ0v) is 17.5. The summed E-state index contributed by atoms with van der Waals surface area (Å²) in [5, 5.41) is 8.17. The first-order valence-electron chi connectivity index (χ1n) is 10.1. The molecule has 7 nitrogen and oxygen atoms in total. The van der Waals surface area contributed by atoms with Gasteiger partial charge in [0.1, 0.15) is 5.60 Å². The van der Waals surface area contributed by atoms with E-state index in [2.05, 4.69) is 16.0 Å². The fourth-order valence-corrected chi connectivity index (χ4v) is 3.01. The van der Waals surface area contributed by atoms with Crippen molar-refractivity contribution >= 4 is 29.3 Å². The van der Waals surface area contributed by atoms with E-state index in [1.807, 2.05) is 0 Å². The maximum Gasteiger partial charge on any atom is 0.407 e. The predicted octanol–water partition coefficient (Wildman–Crippen LogP) is 4.37. The fraction of sp³-hybridized carbons (Fsp3) is 0.500. The van der Waals surface area contributed by atoms with Crippen molar-refractivity contribution in [2.24, 2.45) is 0 Å². The van der Waals surface area contributed by atoms with Crippen LogP contribution in [0.1, 0.15) is 59.3 Å². The number of allylic oxidation sites excluding steroid dienone is 1. The molecule has 29 heavy (non-hydrogen) atoms. The van der Waals surface area contributed by atoms with Crippen molar-refractivity contribution < 1.29 is 19.1 Å². The molecule has 0 atom stereocenters. The van der Waals surface area contributed by atoms with E-state index in [0.717, 1.165) is 25.7 Å². The lowest BCUT2D eigenvalue weighted by molar-refractivity contribution is -0.116. The average molecular weight is 402 g/mol. The number of anilines is 2. The Bertz CT molecular complexity index is 758. The van der Waals surface area contributed by atoms with E-state index in [1.54, 1.807) is 51.1 Å². The molecule has 0 bridgehead atoms. The molecule has 1 aromatic carbocycles. The van der Waals surface area contributed by atoms with Gasteiger partial charge in [0, 0.05) is 19.0 Å². The number of hydrogen-bond acceptors (Lipinski definition) is 4. The standard InChI is InChI=1S/C22H31N3O4/c1-22(2,3)29-21(28)23-14-13-19(26)24-17-11-7-8-12-18(17)25-20(27)15-16-9-5-4-6-10-16/h7-8,11-12,15H,4-6,9-10,13-14H2,1-3H3,(H,23,28)(H,24,26)(H,25,27). The first-order valence-corrected chi connectivity index (χ1v) is 10.1. The lowest BCUT2D eigenvalue weighted by Crippen LogP contribution is -2.34. The number of amides is 3. The van der Waals surface area contributed by atoms with Crippen molar-refractivity contribution in [2.45, 2.75) is 64.9 Å². The molecule has 1 aliphatic rings. The molecule has 1 fully saturated rings. The number of carbonyl (C=O) groups excluding carboxylic acids is 3. The van der Waals surface area contributed by atoms with Crippen LogP contribution in [0.3, 0.4) is 0 Å². The van der Waals surface area contributed by atoms with Crippen LogP contribution in [0.4, 0.5) is 16.2 Å². The maximum atomic E-state index is 12.3. The molecule has 1 saturated carbocycles. The van der Waals surface area contributed by atoms with E-state index >= 15 is 0 Å². The zero-order valence-electron chi connectivity index (χ0n) is 17.5. The first kappa shape index (κ1) is 22.5. The highest BCUT2D eigenvalue weighted by Gasteiger charge is 2.16. The molecular formula is C22H31N3O4. The molecular weight excluding hydrogens is 370 g/mol. The van der Waals surface area contributed by atoms with Crippen molar-refractivity contribution in [2.75, 3.05) is 17.2 Å². The second kappa shape index (κ2) is 10.6. The fourth-order valence-electron chi connectivity index (χ4n) is 3.01. The molecule has 0 radical (unpaired) electrons. The smallest absolute Gasteiger partial charge is 0.407 e. The highest BCUT2D eigenvalue weighted by molar-refractivity contribution is 6.04.